The van der Waals surface area contributed by atoms with Crippen molar-refractivity contribution < 1.29 is 0 Å². The van der Waals surface area contributed by atoms with Crippen molar-refractivity contribution in [1.29, 1.82) is 5.41 Å². The van der Waals surface area contributed by atoms with E-state index in [4.69, 9.17) is 9.97 Å². The van der Waals surface area contributed by atoms with Gasteiger partial charge in [-0.1, -0.05) is 218 Å². The molecule has 4 nitrogen and oxygen atoms in total. The summed E-state index contributed by atoms with van der Waals surface area (Å²) >= 11 is 0. The molecule has 4 heteroatoms. The van der Waals surface area contributed by atoms with Gasteiger partial charge in [-0.15, -0.1) is 0 Å². The topological polar surface area (TPSA) is 61.7 Å². The molecule has 2 heterocycles. The van der Waals surface area contributed by atoms with Crippen LogP contribution in [-0.4, -0.2) is 15.7 Å². The zero-order valence-electron chi connectivity index (χ0n) is 36.6. The van der Waals surface area contributed by atoms with E-state index in [0.717, 1.165) is 106 Å². The average molecular weight is 857 g/mol. The Morgan fingerprint density at radius 2 is 0.776 bits per heavy atom. The van der Waals surface area contributed by atoms with Crippen molar-refractivity contribution in [3.8, 4) is 67.3 Å². The minimum Gasteiger partial charge on any atom is -0.354 e. The molecule has 0 radical (unpaired) electrons. The largest absolute Gasteiger partial charge is 0.354 e. The molecule has 2 N–H and O–H groups in total. The van der Waals surface area contributed by atoms with Crippen molar-refractivity contribution in [3.05, 3.63) is 277 Å². The van der Waals surface area contributed by atoms with Gasteiger partial charge in [-0.05, 0) is 86.5 Å². The second kappa shape index (κ2) is 18.2. The standard InChI is InChI=1S/C63H44N4/c64-61(49-29-17-6-18-30-49)60(48-27-15-5-16-28-48)62-56-40-51(35-36-52(56)41-57(65-62)46-23-11-3-12-24-46)45-31-33-50(34-32-45)63-66-58(47-25-13-4-14-26-47)42-59(67-63)55-38-53(43-19-7-1-8-20-43)37-54(39-55)44-21-9-2-10-22-44/h1-42,64-65H/b62-60-,64-61?. The van der Waals surface area contributed by atoms with Crippen LogP contribution >= 0.6 is 0 Å². The molecule has 0 bridgehead atoms. The number of aromatic nitrogens is 2. The summed E-state index contributed by atoms with van der Waals surface area (Å²) in [5.74, 6) is 0.652. The lowest BCUT2D eigenvalue weighted by Crippen LogP contribution is -2.20. The minimum atomic E-state index is 0.449. The van der Waals surface area contributed by atoms with Gasteiger partial charge in [0.15, 0.2) is 5.82 Å². The fourth-order valence-corrected chi connectivity index (χ4v) is 8.87. The second-order valence-electron chi connectivity index (χ2n) is 16.6. The van der Waals surface area contributed by atoms with Gasteiger partial charge < -0.3 is 5.32 Å². The van der Waals surface area contributed by atoms with Gasteiger partial charge in [0, 0.05) is 39.1 Å². The third kappa shape index (κ3) is 8.55. The molecule has 316 valence electrons. The number of hydrogen-bond donors (Lipinski definition) is 2. The van der Waals surface area contributed by atoms with Crippen molar-refractivity contribution in [2.24, 2.45) is 0 Å². The van der Waals surface area contributed by atoms with Crippen LogP contribution in [0.4, 0.5) is 0 Å². The molecule has 10 aromatic rings. The Morgan fingerprint density at radius 3 is 1.34 bits per heavy atom. The Morgan fingerprint density at radius 1 is 0.343 bits per heavy atom. The molecular weight excluding hydrogens is 813 g/mol. The van der Waals surface area contributed by atoms with Gasteiger partial charge in [0.25, 0.3) is 0 Å². The molecular formula is C63H44N4. The van der Waals surface area contributed by atoms with E-state index >= 15 is 0 Å². The number of hydrogen-bond acceptors (Lipinski definition) is 4. The zero-order valence-corrected chi connectivity index (χ0v) is 36.6. The van der Waals surface area contributed by atoms with Gasteiger partial charge in [0.1, 0.15) is 0 Å². The number of fused-ring (bicyclic) bond motifs is 1. The number of allylic oxidation sites excluding steroid dienone is 1. The van der Waals surface area contributed by atoms with Gasteiger partial charge >= 0.3 is 0 Å². The van der Waals surface area contributed by atoms with Crippen LogP contribution in [0.15, 0.2) is 249 Å². The van der Waals surface area contributed by atoms with Crippen molar-refractivity contribution in [2.45, 2.75) is 0 Å². The molecule has 11 rings (SSSR count). The number of rotatable bonds is 10. The highest BCUT2D eigenvalue weighted by Gasteiger charge is 2.24. The Balaban J connectivity index is 1.02. The van der Waals surface area contributed by atoms with E-state index in [0.29, 0.717) is 11.5 Å². The van der Waals surface area contributed by atoms with Crippen molar-refractivity contribution in [3.63, 3.8) is 0 Å². The molecule has 0 saturated carbocycles. The van der Waals surface area contributed by atoms with Crippen LogP contribution in [0.5, 0.6) is 0 Å². The fraction of sp³-hybridized carbons (Fsp3) is 0. The van der Waals surface area contributed by atoms with Gasteiger partial charge in [0.05, 0.1) is 22.8 Å². The number of nitrogens with one attached hydrogen (secondary N) is 2. The summed E-state index contributed by atoms with van der Waals surface area (Å²) in [6.45, 7) is 0. The van der Waals surface area contributed by atoms with Crippen LogP contribution < -0.4 is 5.32 Å². The third-order valence-corrected chi connectivity index (χ3v) is 12.3. The Labute approximate surface area is 391 Å². The minimum absolute atomic E-state index is 0.449. The molecule has 0 atom stereocenters. The Hall–Kier alpha value is -8.99. The first kappa shape index (κ1) is 40.8. The van der Waals surface area contributed by atoms with Crippen molar-refractivity contribution in [2.75, 3.05) is 0 Å². The highest BCUT2D eigenvalue weighted by Crippen LogP contribution is 2.39. The zero-order chi connectivity index (χ0) is 44.9. The van der Waals surface area contributed by atoms with Gasteiger partial charge in [-0.25, -0.2) is 9.97 Å². The molecule has 0 saturated heterocycles. The number of benzene rings is 9. The Kier molecular flexibility index (Phi) is 11.1. The van der Waals surface area contributed by atoms with Gasteiger partial charge in [-0.3, -0.25) is 5.41 Å². The van der Waals surface area contributed by atoms with Crippen molar-refractivity contribution in [1.82, 2.24) is 15.3 Å². The SMILES string of the molecule is N=C(/C(=C1\NC(c2ccccc2)=Cc2ccc(-c3ccc(-c4nc(-c5ccccc5)cc(-c5cc(-c6ccccc6)cc(-c6ccccc6)c5)n4)cc3)cc21)c1ccccc1)c1ccccc1. The van der Waals surface area contributed by atoms with Crippen molar-refractivity contribution >= 4 is 28.8 Å². The summed E-state index contributed by atoms with van der Waals surface area (Å²) in [5, 5.41) is 13.5. The summed E-state index contributed by atoms with van der Waals surface area (Å²) in [6, 6.07) is 86.1. The van der Waals surface area contributed by atoms with Crippen LogP contribution in [0, 0.1) is 5.41 Å². The molecule has 0 amide bonds. The van der Waals surface area contributed by atoms with Gasteiger partial charge in [-0.2, -0.15) is 0 Å². The monoisotopic (exact) mass is 856 g/mol. The summed E-state index contributed by atoms with van der Waals surface area (Å²) in [6.07, 6.45) is 2.21. The van der Waals surface area contributed by atoms with E-state index in [9.17, 15) is 5.41 Å². The summed E-state index contributed by atoms with van der Waals surface area (Å²) in [4.78, 5) is 10.5. The Bertz CT molecular complexity index is 3380. The first-order chi connectivity index (χ1) is 33.1. The summed E-state index contributed by atoms with van der Waals surface area (Å²) in [5.41, 5.74) is 19.5. The maximum absolute atomic E-state index is 9.71. The predicted molar refractivity (Wildman–Crippen MR) is 279 cm³/mol. The van der Waals surface area contributed by atoms with E-state index in [1.807, 2.05) is 60.7 Å². The summed E-state index contributed by atoms with van der Waals surface area (Å²) in [7, 11) is 0. The molecule has 0 unspecified atom stereocenters. The van der Waals surface area contributed by atoms with Crippen LogP contribution in [-0.2, 0) is 0 Å². The van der Waals surface area contributed by atoms with E-state index in [-0.39, 0.29) is 0 Å². The first-order valence-corrected chi connectivity index (χ1v) is 22.6. The molecule has 0 aliphatic carbocycles. The molecule has 0 spiro atoms. The summed E-state index contributed by atoms with van der Waals surface area (Å²) < 4.78 is 0. The molecule has 1 aliphatic heterocycles. The number of nitrogens with zero attached hydrogens (tertiary/aromatic N) is 2. The molecule has 1 aromatic heterocycles. The van der Waals surface area contributed by atoms with Crippen LogP contribution in [0.25, 0.3) is 90.3 Å². The first-order valence-electron chi connectivity index (χ1n) is 22.6. The quantitative estimate of drug-likeness (QED) is 0.135. The maximum Gasteiger partial charge on any atom is 0.160 e. The predicted octanol–water partition coefficient (Wildman–Crippen LogP) is 15.5. The highest BCUT2D eigenvalue weighted by atomic mass is 14.9. The normalized spacial score (nSPS) is 12.6. The lowest BCUT2D eigenvalue weighted by Gasteiger charge is -2.27. The highest BCUT2D eigenvalue weighted by molar-refractivity contribution is 6.36. The van der Waals surface area contributed by atoms with Crippen LogP contribution in [0.3, 0.4) is 0 Å². The van der Waals surface area contributed by atoms with E-state index in [1.165, 1.54) is 0 Å². The van der Waals surface area contributed by atoms with Crippen LogP contribution in [0.1, 0.15) is 27.8 Å². The third-order valence-electron chi connectivity index (χ3n) is 12.3. The van der Waals surface area contributed by atoms with Crippen LogP contribution in [0.2, 0.25) is 0 Å². The molecule has 1 aliphatic rings. The fourth-order valence-electron chi connectivity index (χ4n) is 8.87. The van der Waals surface area contributed by atoms with E-state index < -0.39 is 0 Å². The molecule has 0 fully saturated rings. The van der Waals surface area contributed by atoms with E-state index in [2.05, 4.69) is 199 Å². The smallest absolute Gasteiger partial charge is 0.160 e. The molecule has 67 heavy (non-hydrogen) atoms. The lowest BCUT2D eigenvalue weighted by molar-refractivity contribution is 1.18. The van der Waals surface area contributed by atoms with E-state index in [1.54, 1.807) is 0 Å². The van der Waals surface area contributed by atoms with Gasteiger partial charge in [0.2, 0.25) is 0 Å². The average Bonchev–Trinajstić information content (AvgIpc) is 3.42. The lowest BCUT2D eigenvalue weighted by atomic mass is 9.86. The second-order valence-corrected chi connectivity index (χ2v) is 16.6. The maximum atomic E-state index is 9.71. The molecule has 9 aromatic carbocycles.